The van der Waals surface area contributed by atoms with Crippen molar-refractivity contribution in [3.63, 3.8) is 0 Å². The maximum atomic E-state index is 12.1. The molecule has 1 atom stereocenters. The number of carboxylic acids is 1. The summed E-state index contributed by atoms with van der Waals surface area (Å²) in [6, 6.07) is 5.30. The van der Waals surface area contributed by atoms with E-state index in [0.717, 1.165) is 10.0 Å². The zero-order chi connectivity index (χ0) is 15.5. The van der Waals surface area contributed by atoms with Crippen LogP contribution in [0.5, 0.6) is 5.75 Å². The summed E-state index contributed by atoms with van der Waals surface area (Å²) >= 11 is 3.37. The molecule has 2 N–H and O–H groups in total. The number of hydrogen-bond donors (Lipinski definition) is 2. The van der Waals surface area contributed by atoms with E-state index < -0.39 is 11.5 Å². The minimum absolute atomic E-state index is 0.00659. The van der Waals surface area contributed by atoms with Crippen molar-refractivity contribution in [2.24, 2.45) is 0 Å². The predicted octanol–water partition coefficient (Wildman–Crippen LogP) is 1.36. The third kappa shape index (κ3) is 3.54. The molecule has 1 aliphatic heterocycles. The van der Waals surface area contributed by atoms with E-state index in [0.29, 0.717) is 12.4 Å². The van der Waals surface area contributed by atoms with E-state index in [4.69, 9.17) is 9.47 Å². The summed E-state index contributed by atoms with van der Waals surface area (Å²) in [7, 11) is 1.54. The number of methoxy groups -OCH3 is 1. The Morgan fingerprint density at radius 2 is 2.29 bits per heavy atom. The van der Waals surface area contributed by atoms with Gasteiger partial charge in [0.2, 0.25) is 5.91 Å². The number of carbonyl (C=O) groups excluding carboxylic acids is 1. The van der Waals surface area contributed by atoms with Crippen molar-refractivity contribution in [1.29, 1.82) is 0 Å². The van der Waals surface area contributed by atoms with Gasteiger partial charge in [0, 0.05) is 17.5 Å². The number of carbonyl (C=O) groups is 2. The fourth-order valence-corrected chi connectivity index (χ4v) is 2.57. The van der Waals surface area contributed by atoms with Crippen molar-refractivity contribution in [3.05, 3.63) is 28.2 Å². The van der Waals surface area contributed by atoms with Crippen molar-refractivity contribution in [2.75, 3.05) is 20.3 Å². The summed E-state index contributed by atoms with van der Waals surface area (Å²) in [5, 5.41) is 11.9. The molecule has 0 aliphatic carbocycles. The van der Waals surface area contributed by atoms with Crippen LogP contribution < -0.4 is 10.1 Å². The fourth-order valence-electron chi connectivity index (χ4n) is 2.18. The first-order chi connectivity index (χ1) is 9.97. The Morgan fingerprint density at radius 1 is 1.52 bits per heavy atom. The number of nitrogens with one attached hydrogen (secondary N) is 1. The zero-order valence-corrected chi connectivity index (χ0v) is 13.1. The van der Waals surface area contributed by atoms with Crippen molar-refractivity contribution in [1.82, 2.24) is 5.32 Å². The van der Waals surface area contributed by atoms with Crippen molar-refractivity contribution >= 4 is 27.8 Å². The van der Waals surface area contributed by atoms with Gasteiger partial charge in [-0.1, -0.05) is 15.9 Å². The summed E-state index contributed by atoms with van der Waals surface area (Å²) in [6.07, 6.45) is 0.333. The van der Waals surface area contributed by atoms with Gasteiger partial charge in [-0.3, -0.25) is 4.79 Å². The van der Waals surface area contributed by atoms with Crippen LogP contribution in [0.4, 0.5) is 0 Å². The van der Waals surface area contributed by atoms with Crippen molar-refractivity contribution in [3.8, 4) is 5.75 Å². The first kappa shape index (κ1) is 15.8. The van der Waals surface area contributed by atoms with Gasteiger partial charge >= 0.3 is 5.97 Å². The van der Waals surface area contributed by atoms with E-state index in [2.05, 4.69) is 21.2 Å². The lowest BCUT2D eigenvalue weighted by atomic mass is 9.98. The third-order valence-electron chi connectivity index (χ3n) is 3.41. The lowest BCUT2D eigenvalue weighted by molar-refractivity contribution is -0.147. The molecule has 1 heterocycles. The van der Waals surface area contributed by atoms with Crippen LogP contribution in [0.3, 0.4) is 0 Å². The van der Waals surface area contributed by atoms with E-state index in [1.807, 2.05) is 0 Å². The van der Waals surface area contributed by atoms with Gasteiger partial charge in [0.1, 0.15) is 5.75 Å². The zero-order valence-electron chi connectivity index (χ0n) is 11.5. The lowest BCUT2D eigenvalue weighted by Gasteiger charge is -2.23. The summed E-state index contributed by atoms with van der Waals surface area (Å²) in [5.74, 6) is -0.798. The predicted molar refractivity (Wildman–Crippen MR) is 78.3 cm³/mol. The maximum Gasteiger partial charge on any atom is 0.331 e. The summed E-state index contributed by atoms with van der Waals surface area (Å²) in [6.45, 7) is 0.322. The minimum Gasteiger partial charge on any atom is -0.497 e. The summed E-state index contributed by atoms with van der Waals surface area (Å²) in [4.78, 5) is 23.5. The molecule has 1 unspecified atom stereocenters. The SMILES string of the molecule is COc1ccc(Br)c(CC(=O)NC2(C(=O)O)CCOC2)c1. The van der Waals surface area contributed by atoms with Crippen molar-refractivity contribution < 1.29 is 24.2 Å². The van der Waals surface area contributed by atoms with Gasteiger partial charge in [0.15, 0.2) is 5.54 Å². The van der Waals surface area contributed by atoms with Gasteiger partial charge in [0.25, 0.3) is 0 Å². The van der Waals surface area contributed by atoms with E-state index in [9.17, 15) is 14.7 Å². The standard InChI is InChI=1S/C14H16BrNO5/c1-20-10-2-3-11(15)9(6-10)7-12(17)16-14(13(18)19)4-5-21-8-14/h2-3,6H,4-5,7-8H2,1H3,(H,16,17)(H,18,19). The third-order valence-corrected chi connectivity index (χ3v) is 4.19. The van der Waals surface area contributed by atoms with Crippen LogP contribution in [0, 0.1) is 0 Å². The number of benzene rings is 1. The smallest absolute Gasteiger partial charge is 0.331 e. The Morgan fingerprint density at radius 3 is 2.86 bits per heavy atom. The molecule has 0 bridgehead atoms. The van der Waals surface area contributed by atoms with Crippen LogP contribution in [-0.2, 0) is 20.7 Å². The van der Waals surface area contributed by atoms with Gasteiger partial charge in [-0.05, 0) is 23.8 Å². The van der Waals surface area contributed by atoms with E-state index in [-0.39, 0.29) is 25.4 Å². The molecule has 2 rings (SSSR count). The summed E-state index contributed by atoms with van der Waals surface area (Å²) in [5.41, 5.74) is -0.589. The molecule has 1 fully saturated rings. The molecular weight excluding hydrogens is 342 g/mol. The second kappa shape index (κ2) is 6.44. The highest BCUT2D eigenvalue weighted by molar-refractivity contribution is 9.10. The molecule has 1 aromatic carbocycles. The minimum atomic E-state index is -1.32. The number of aliphatic carboxylic acids is 1. The summed E-state index contributed by atoms with van der Waals surface area (Å²) < 4.78 is 11.0. The van der Waals surface area contributed by atoms with Crippen molar-refractivity contribution in [2.45, 2.75) is 18.4 Å². The molecule has 0 spiro atoms. The number of halogens is 1. The normalized spacial score (nSPS) is 21.0. The first-order valence-corrected chi connectivity index (χ1v) is 7.21. The Bertz CT molecular complexity index is 554. The molecule has 21 heavy (non-hydrogen) atoms. The molecule has 6 nitrogen and oxygen atoms in total. The van der Waals surface area contributed by atoms with E-state index in [1.54, 1.807) is 25.3 Å². The molecule has 1 aliphatic rings. The van der Waals surface area contributed by atoms with Gasteiger partial charge in [-0.2, -0.15) is 0 Å². The second-order valence-electron chi connectivity index (χ2n) is 4.87. The Labute approximate surface area is 130 Å². The topological polar surface area (TPSA) is 84.9 Å². The monoisotopic (exact) mass is 357 g/mol. The van der Waals surface area contributed by atoms with E-state index in [1.165, 1.54) is 0 Å². The number of ether oxygens (including phenoxy) is 2. The second-order valence-corrected chi connectivity index (χ2v) is 5.73. The molecule has 114 valence electrons. The number of hydrogen-bond acceptors (Lipinski definition) is 4. The first-order valence-electron chi connectivity index (χ1n) is 6.41. The van der Waals surface area contributed by atoms with Gasteiger partial charge in [0.05, 0.1) is 20.1 Å². The quantitative estimate of drug-likeness (QED) is 0.830. The molecule has 0 aromatic heterocycles. The largest absolute Gasteiger partial charge is 0.497 e. The number of amides is 1. The van der Waals surface area contributed by atoms with Crippen LogP contribution in [0.1, 0.15) is 12.0 Å². The number of carboxylic acid groups (broad SMARTS) is 1. The molecule has 1 aromatic rings. The highest BCUT2D eigenvalue weighted by Crippen LogP contribution is 2.24. The Hall–Kier alpha value is -1.60. The fraction of sp³-hybridized carbons (Fsp3) is 0.429. The number of rotatable bonds is 5. The highest BCUT2D eigenvalue weighted by atomic mass is 79.9. The average Bonchev–Trinajstić information content (AvgIpc) is 2.91. The van der Waals surface area contributed by atoms with Gasteiger partial charge in [-0.15, -0.1) is 0 Å². The van der Waals surface area contributed by atoms with Gasteiger partial charge in [-0.25, -0.2) is 4.79 Å². The Balaban J connectivity index is 2.09. The van der Waals surface area contributed by atoms with Crippen LogP contribution in [-0.4, -0.2) is 42.8 Å². The van der Waals surface area contributed by atoms with Crippen LogP contribution in [0.2, 0.25) is 0 Å². The average molecular weight is 358 g/mol. The Kier molecular flexibility index (Phi) is 4.84. The lowest BCUT2D eigenvalue weighted by Crippen LogP contribution is -2.55. The molecule has 0 saturated carbocycles. The molecule has 1 saturated heterocycles. The molecule has 7 heteroatoms. The van der Waals surface area contributed by atoms with Crippen LogP contribution in [0.15, 0.2) is 22.7 Å². The van der Waals surface area contributed by atoms with Gasteiger partial charge < -0.3 is 19.9 Å². The van der Waals surface area contributed by atoms with Crippen LogP contribution >= 0.6 is 15.9 Å². The van der Waals surface area contributed by atoms with Crippen LogP contribution in [0.25, 0.3) is 0 Å². The molecule has 1 amide bonds. The maximum absolute atomic E-state index is 12.1. The van der Waals surface area contributed by atoms with E-state index >= 15 is 0 Å². The molecule has 0 radical (unpaired) electrons. The molecular formula is C14H16BrNO5. The highest BCUT2D eigenvalue weighted by Gasteiger charge is 2.43.